The number of carbonyl (C=O) groups is 3. The first-order valence-corrected chi connectivity index (χ1v) is 8.41. The number of hydrogen-bond acceptors (Lipinski definition) is 6. The Morgan fingerprint density at radius 3 is 2.50 bits per heavy atom. The summed E-state index contributed by atoms with van der Waals surface area (Å²) < 4.78 is 56.6. The molecule has 4 amide bonds. The fourth-order valence-corrected chi connectivity index (χ4v) is 2.96. The van der Waals surface area contributed by atoms with Crippen LogP contribution in [0.25, 0.3) is 0 Å². The molecule has 2 aromatic rings. The summed E-state index contributed by atoms with van der Waals surface area (Å²) in [6, 6.07) is 5.56. The van der Waals surface area contributed by atoms with Crippen LogP contribution in [0, 0.1) is 0 Å². The maximum Gasteiger partial charge on any atom is 0.440 e. The number of amides is 4. The van der Waals surface area contributed by atoms with Gasteiger partial charge in [0.15, 0.2) is 17.3 Å². The van der Waals surface area contributed by atoms with Crippen molar-refractivity contribution in [2.24, 2.45) is 0 Å². The number of nitrogens with zero attached hydrogens (tertiary/aromatic N) is 1. The van der Waals surface area contributed by atoms with Crippen LogP contribution in [0.5, 0.6) is 11.5 Å². The molecule has 9 nitrogen and oxygen atoms in total. The Morgan fingerprint density at radius 1 is 1.20 bits per heavy atom. The molecule has 30 heavy (non-hydrogen) atoms. The number of hydrogen-bond donors (Lipinski definition) is 2. The number of halogens is 3. The van der Waals surface area contributed by atoms with E-state index in [9.17, 15) is 27.6 Å². The second-order valence-electron chi connectivity index (χ2n) is 6.15. The number of ether oxygens (including phenoxy) is 2. The molecule has 2 heterocycles. The quantitative estimate of drug-likeness (QED) is 0.683. The molecule has 2 N–H and O–H groups in total. The zero-order valence-corrected chi connectivity index (χ0v) is 15.7. The molecular weight excluding hydrogens is 411 g/mol. The van der Waals surface area contributed by atoms with E-state index in [0.717, 1.165) is 12.3 Å². The van der Waals surface area contributed by atoms with Gasteiger partial charge < -0.3 is 19.2 Å². The smallest absolute Gasteiger partial charge is 0.440 e. The van der Waals surface area contributed by atoms with Crippen LogP contribution >= 0.6 is 0 Å². The molecular formula is C18H16F3N3O6. The van der Waals surface area contributed by atoms with Gasteiger partial charge in [0.2, 0.25) is 0 Å². The zero-order chi connectivity index (χ0) is 22.1. The topological polar surface area (TPSA) is 110 Å². The molecule has 0 bridgehead atoms. The van der Waals surface area contributed by atoms with Gasteiger partial charge >= 0.3 is 12.2 Å². The van der Waals surface area contributed by atoms with Gasteiger partial charge in [-0.3, -0.25) is 19.8 Å². The van der Waals surface area contributed by atoms with Gasteiger partial charge in [0.25, 0.3) is 17.5 Å². The van der Waals surface area contributed by atoms with Gasteiger partial charge in [0.1, 0.15) is 0 Å². The second-order valence-corrected chi connectivity index (χ2v) is 6.15. The molecule has 1 atom stereocenters. The van der Waals surface area contributed by atoms with Crippen molar-refractivity contribution in [3.63, 3.8) is 0 Å². The minimum Gasteiger partial charge on any atom is -0.493 e. The standard InChI is InChI=1S/C18H16F3N3O6/c1-28-11-6-3-5-10(13(11)29-2)9-24-15(26)17(18(19,20)21,23-16(24)27)22-14(25)12-7-4-8-30-12/h3-8H,9H2,1-2H3,(H,22,25)(H,23,27). The lowest BCUT2D eigenvalue weighted by atomic mass is 10.1. The molecule has 3 rings (SSSR count). The fraction of sp³-hybridized carbons (Fsp3) is 0.278. The minimum absolute atomic E-state index is 0.143. The first kappa shape index (κ1) is 21.0. The first-order valence-electron chi connectivity index (χ1n) is 8.41. The van der Waals surface area contributed by atoms with Gasteiger partial charge in [-0.2, -0.15) is 13.2 Å². The number of methoxy groups -OCH3 is 2. The van der Waals surface area contributed by atoms with E-state index in [4.69, 9.17) is 13.9 Å². The number of benzene rings is 1. The highest BCUT2D eigenvalue weighted by atomic mass is 19.4. The van der Waals surface area contributed by atoms with E-state index in [1.54, 1.807) is 10.6 Å². The van der Waals surface area contributed by atoms with E-state index in [2.05, 4.69) is 0 Å². The maximum absolute atomic E-state index is 13.9. The summed E-state index contributed by atoms with van der Waals surface area (Å²) in [7, 11) is 2.66. The van der Waals surface area contributed by atoms with E-state index in [1.165, 1.54) is 38.5 Å². The second kappa shape index (κ2) is 7.61. The third-order valence-corrected chi connectivity index (χ3v) is 4.39. The van der Waals surface area contributed by atoms with Gasteiger partial charge in [-0.1, -0.05) is 12.1 Å². The molecule has 0 aliphatic carbocycles. The van der Waals surface area contributed by atoms with Gasteiger partial charge in [-0.15, -0.1) is 0 Å². The number of nitrogens with one attached hydrogen (secondary N) is 2. The molecule has 1 fully saturated rings. The summed E-state index contributed by atoms with van der Waals surface area (Å²) in [5, 5.41) is 3.10. The summed E-state index contributed by atoms with van der Waals surface area (Å²) in [6.45, 7) is -0.556. The number of furan rings is 1. The van der Waals surface area contributed by atoms with Crippen molar-refractivity contribution in [1.82, 2.24) is 15.5 Å². The van der Waals surface area contributed by atoms with Crippen LogP contribution < -0.4 is 20.1 Å². The van der Waals surface area contributed by atoms with Crippen LogP contribution in [0.1, 0.15) is 16.1 Å². The molecule has 12 heteroatoms. The Bertz CT molecular complexity index is 976. The highest BCUT2D eigenvalue weighted by molar-refractivity contribution is 6.10. The maximum atomic E-state index is 13.9. The van der Waals surface area contributed by atoms with Gasteiger partial charge in [-0.25, -0.2) is 4.79 Å². The molecule has 0 radical (unpaired) electrons. The van der Waals surface area contributed by atoms with Gasteiger partial charge in [0, 0.05) is 5.56 Å². The Balaban J connectivity index is 1.95. The lowest BCUT2D eigenvalue weighted by Gasteiger charge is -2.29. The molecule has 1 unspecified atom stereocenters. The molecule has 1 aliphatic heterocycles. The van der Waals surface area contributed by atoms with Crippen LogP contribution in [0.15, 0.2) is 41.0 Å². The van der Waals surface area contributed by atoms with E-state index < -0.39 is 42.0 Å². The van der Waals surface area contributed by atoms with Crippen LogP contribution in [-0.4, -0.2) is 48.8 Å². The molecule has 0 saturated carbocycles. The molecule has 1 saturated heterocycles. The van der Waals surface area contributed by atoms with Crippen molar-refractivity contribution in [2.75, 3.05) is 14.2 Å². The number of para-hydroxylation sites is 1. The lowest BCUT2D eigenvalue weighted by Crippen LogP contribution is -2.69. The van der Waals surface area contributed by atoms with Crippen molar-refractivity contribution in [3.05, 3.63) is 47.9 Å². The highest BCUT2D eigenvalue weighted by Gasteiger charge is 2.69. The normalized spacial score (nSPS) is 18.9. The van der Waals surface area contributed by atoms with Crippen LogP contribution in [0.4, 0.5) is 18.0 Å². The molecule has 0 spiro atoms. The number of urea groups is 1. The van der Waals surface area contributed by atoms with Crippen LogP contribution in [0.2, 0.25) is 0 Å². The van der Waals surface area contributed by atoms with E-state index in [-0.39, 0.29) is 17.1 Å². The number of rotatable bonds is 6. The molecule has 1 aromatic carbocycles. The van der Waals surface area contributed by atoms with Crippen molar-refractivity contribution in [1.29, 1.82) is 0 Å². The van der Waals surface area contributed by atoms with Crippen molar-refractivity contribution >= 4 is 17.8 Å². The minimum atomic E-state index is -5.34. The van der Waals surface area contributed by atoms with Crippen LogP contribution in [-0.2, 0) is 11.3 Å². The molecule has 1 aliphatic rings. The number of alkyl halides is 3. The SMILES string of the molecule is COc1cccc(CN2C(=O)NC(NC(=O)c3ccco3)(C(F)(F)F)C2=O)c1OC. The zero-order valence-electron chi connectivity index (χ0n) is 15.7. The molecule has 160 valence electrons. The van der Waals surface area contributed by atoms with Gasteiger partial charge in [-0.05, 0) is 18.2 Å². The van der Waals surface area contributed by atoms with Gasteiger partial charge in [0.05, 0.1) is 27.0 Å². The Morgan fingerprint density at radius 2 is 1.93 bits per heavy atom. The van der Waals surface area contributed by atoms with Crippen LogP contribution in [0.3, 0.4) is 0 Å². The summed E-state index contributed by atoms with van der Waals surface area (Å²) in [4.78, 5) is 37.6. The third kappa shape index (κ3) is 3.40. The average molecular weight is 427 g/mol. The Labute approximate surface area is 167 Å². The van der Waals surface area contributed by atoms with E-state index >= 15 is 0 Å². The van der Waals surface area contributed by atoms with E-state index in [1.807, 2.05) is 0 Å². The highest BCUT2D eigenvalue weighted by Crippen LogP contribution is 2.37. The van der Waals surface area contributed by atoms with E-state index in [0.29, 0.717) is 4.90 Å². The first-order chi connectivity index (χ1) is 14.1. The Hall–Kier alpha value is -3.70. The monoisotopic (exact) mass is 427 g/mol. The average Bonchev–Trinajstić information content (AvgIpc) is 3.31. The molecule has 1 aromatic heterocycles. The van der Waals surface area contributed by atoms with Crippen molar-refractivity contribution in [2.45, 2.75) is 18.4 Å². The number of imide groups is 1. The largest absolute Gasteiger partial charge is 0.493 e. The summed E-state index contributed by atoms with van der Waals surface area (Å²) in [6.07, 6.45) is -4.26. The van der Waals surface area contributed by atoms with Crippen molar-refractivity contribution in [3.8, 4) is 11.5 Å². The predicted octanol–water partition coefficient (Wildman–Crippen LogP) is 2.04. The fourth-order valence-electron chi connectivity index (χ4n) is 2.96. The summed E-state index contributed by atoms with van der Waals surface area (Å²) >= 11 is 0. The summed E-state index contributed by atoms with van der Waals surface area (Å²) in [5.41, 5.74) is -3.43. The predicted molar refractivity (Wildman–Crippen MR) is 93.6 cm³/mol. The van der Waals surface area contributed by atoms with Crippen molar-refractivity contribution < 1.29 is 41.4 Å². The third-order valence-electron chi connectivity index (χ3n) is 4.39. The number of carbonyl (C=O) groups excluding carboxylic acids is 3. The lowest BCUT2D eigenvalue weighted by molar-refractivity contribution is -0.200. The Kier molecular flexibility index (Phi) is 5.33. The summed E-state index contributed by atoms with van der Waals surface area (Å²) in [5.74, 6) is -3.09.